The summed E-state index contributed by atoms with van der Waals surface area (Å²) in [6, 6.07) is 20.0. The Balaban J connectivity index is 1.89. The van der Waals surface area contributed by atoms with E-state index in [1.165, 1.54) is 16.7 Å². The first-order chi connectivity index (χ1) is 14.0. The predicted octanol–water partition coefficient (Wildman–Crippen LogP) is 3.54. The molecule has 1 heterocycles. The van der Waals surface area contributed by atoms with Crippen molar-refractivity contribution in [2.24, 2.45) is 0 Å². The summed E-state index contributed by atoms with van der Waals surface area (Å²) in [6.07, 6.45) is 3.19. The molecule has 0 fully saturated rings. The summed E-state index contributed by atoms with van der Waals surface area (Å²) in [4.78, 5) is 28.0. The van der Waals surface area contributed by atoms with E-state index in [0.29, 0.717) is 28.0 Å². The molecule has 142 valence electrons. The molecule has 29 heavy (non-hydrogen) atoms. The fourth-order valence-corrected chi connectivity index (χ4v) is 3.04. The molecule has 4 rings (SSSR count). The zero-order valence-corrected chi connectivity index (χ0v) is 15.1. The molecule has 4 aromatic rings. The van der Waals surface area contributed by atoms with Crippen LogP contribution in [0.1, 0.15) is 11.4 Å². The Hall–Kier alpha value is -4.26. The first-order valence-electron chi connectivity index (χ1n) is 8.75. The van der Waals surface area contributed by atoms with Crippen molar-refractivity contribution in [2.75, 3.05) is 0 Å². The summed E-state index contributed by atoms with van der Waals surface area (Å²) in [5.74, 6) is -0.286. The third-order valence-electron chi connectivity index (χ3n) is 4.42. The van der Waals surface area contributed by atoms with Gasteiger partial charge >= 0.3 is 0 Å². The van der Waals surface area contributed by atoms with Gasteiger partial charge in [-0.15, -0.1) is 0 Å². The molecule has 1 aromatic heterocycles. The van der Waals surface area contributed by atoms with Crippen molar-refractivity contribution in [1.82, 2.24) is 9.55 Å². The van der Waals surface area contributed by atoms with E-state index < -0.39 is 16.4 Å². The zero-order valence-electron chi connectivity index (χ0n) is 15.1. The van der Waals surface area contributed by atoms with Crippen molar-refractivity contribution >= 4 is 28.7 Å². The van der Waals surface area contributed by atoms with E-state index in [2.05, 4.69) is 4.98 Å². The minimum absolute atomic E-state index is 0.220. The summed E-state index contributed by atoms with van der Waals surface area (Å²) in [5.41, 5.74) is 0.932. The van der Waals surface area contributed by atoms with E-state index in [4.69, 9.17) is 0 Å². The maximum Gasteiger partial charge on any atom is 0.266 e. The lowest BCUT2D eigenvalue weighted by Crippen LogP contribution is -2.22. The number of fused-ring (bicyclic) bond motifs is 1. The van der Waals surface area contributed by atoms with E-state index in [0.717, 1.165) is 6.07 Å². The Morgan fingerprint density at radius 2 is 1.66 bits per heavy atom. The molecule has 0 bridgehead atoms. The van der Waals surface area contributed by atoms with Crippen LogP contribution in [0.3, 0.4) is 0 Å². The van der Waals surface area contributed by atoms with Gasteiger partial charge in [0.25, 0.3) is 11.2 Å². The van der Waals surface area contributed by atoms with Gasteiger partial charge in [-0.1, -0.05) is 48.5 Å². The molecule has 0 atom stereocenters. The third-order valence-corrected chi connectivity index (χ3v) is 4.42. The van der Waals surface area contributed by atoms with Crippen molar-refractivity contribution in [2.45, 2.75) is 0 Å². The van der Waals surface area contributed by atoms with E-state index >= 15 is 0 Å². The standard InChI is InChI=1S/C22H15N3O4/c26-20-12-10-15(14-19(20)25(28)29)11-13-21-23-18-9-5-4-8-17(18)22(27)24(21)16-6-2-1-3-7-16/h1-14,26H/p-1/b13-11+. The topological polar surface area (TPSA) is 101 Å². The van der Waals surface area contributed by atoms with Crippen LogP contribution in [0.25, 0.3) is 28.7 Å². The van der Waals surface area contributed by atoms with E-state index in [1.807, 2.05) is 18.2 Å². The molecule has 0 unspecified atom stereocenters. The first kappa shape index (κ1) is 18.1. The van der Waals surface area contributed by atoms with Gasteiger partial charge < -0.3 is 5.11 Å². The van der Waals surface area contributed by atoms with Crippen LogP contribution in [-0.2, 0) is 0 Å². The van der Waals surface area contributed by atoms with Gasteiger partial charge in [-0.25, -0.2) is 4.98 Å². The minimum atomic E-state index is -0.714. The van der Waals surface area contributed by atoms with Crippen LogP contribution < -0.4 is 10.7 Å². The first-order valence-corrected chi connectivity index (χ1v) is 8.75. The van der Waals surface area contributed by atoms with Crippen LogP contribution >= 0.6 is 0 Å². The van der Waals surface area contributed by atoms with Crippen molar-refractivity contribution < 1.29 is 10.0 Å². The number of para-hydroxylation sites is 2. The Morgan fingerprint density at radius 1 is 0.931 bits per heavy atom. The number of nitro benzene ring substituents is 1. The molecule has 7 heteroatoms. The number of aromatic nitrogens is 2. The van der Waals surface area contributed by atoms with Crippen LogP contribution in [0, 0.1) is 10.1 Å². The lowest BCUT2D eigenvalue weighted by Gasteiger charge is -2.11. The number of rotatable bonds is 4. The molecule has 0 saturated carbocycles. The SMILES string of the molecule is O=c1c2ccccc2nc(/C=C/c2ccc([O-])c([N+](=O)[O-])c2)n1-c1ccccc1. The van der Waals surface area contributed by atoms with Crippen LogP contribution in [-0.4, -0.2) is 14.5 Å². The van der Waals surface area contributed by atoms with Crippen molar-refractivity contribution in [3.63, 3.8) is 0 Å². The molecule has 0 saturated heterocycles. The number of hydrogen-bond donors (Lipinski definition) is 0. The molecule has 0 N–H and O–H groups in total. The average Bonchev–Trinajstić information content (AvgIpc) is 2.73. The maximum atomic E-state index is 13.1. The summed E-state index contributed by atoms with van der Waals surface area (Å²) in [5, 5.41) is 23.1. The van der Waals surface area contributed by atoms with E-state index in [9.17, 15) is 20.0 Å². The molecule has 3 aromatic carbocycles. The van der Waals surface area contributed by atoms with Gasteiger partial charge in [0.15, 0.2) is 0 Å². The van der Waals surface area contributed by atoms with Gasteiger partial charge in [-0.05, 0) is 41.7 Å². The summed E-state index contributed by atoms with van der Waals surface area (Å²) in [6.45, 7) is 0. The predicted molar refractivity (Wildman–Crippen MR) is 109 cm³/mol. The summed E-state index contributed by atoms with van der Waals surface area (Å²) < 4.78 is 1.48. The molecule has 0 spiro atoms. The Labute approximate surface area is 165 Å². The van der Waals surface area contributed by atoms with Crippen molar-refractivity contribution in [3.05, 3.63) is 105 Å². The molecule has 0 aliphatic heterocycles. The lowest BCUT2D eigenvalue weighted by molar-refractivity contribution is -0.398. The van der Waals surface area contributed by atoms with Crippen LogP contribution in [0.2, 0.25) is 0 Å². The van der Waals surface area contributed by atoms with Gasteiger partial charge in [0, 0.05) is 6.07 Å². The van der Waals surface area contributed by atoms with Gasteiger partial charge in [-0.3, -0.25) is 19.5 Å². The average molecular weight is 384 g/mol. The van der Waals surface area contributed by atoms with Gasteiger partial charge in [0.1, 0.15) is 5.82 Å². The molecule has 7 nitrogen and oxygen atoms in total. The fourth-order valence-electron chi connectivity index (χ4n) is 3.04. The number of hydrogen-bond acceptors (Lipinski definition) is 5. The number of nitrogens with zero attached hydrogens (tertiary/aromatic N) is 3. The third kappa shape index (κ3) is 3.49. The molecular formula is C22H14N3O4-. The summed E-state index contributed by atoms with van der Waals surface area (Å²) >= 11 is 0. The van der Waals surface area contributed by atoms with Crippen LogP contribution in [0.4, 0.5) is 5.69 Å². The quantitative estimate of drug-likeness (QED) is 0.396. The van der Waals surface area contributed by atoms with Gasteiger partial charge in [0.2, 0.25) is 0 Å². The van der Waals surface area contributed by atoms with Gasteiger partial charge in [0.05, 0.1) is 21.5 Å². The highest BCUT2D eigenvalue weighted by atomic mass is 16.6. The molecule has 0 amide bonds. The van der Waals surface area contributed by atoms with Crippen molar-refractivity contribution in [3.8, 4) is 11.4 Å². The smallest absolute Gasteiger partial charge is 0.266 e. The Morgan fingerprint density at radius 3 is 2.41 bits per heavy atom. The van der Waals surface area contributed by atoms with E-state index in [1.54, 1.807) is 48.6 Å². The monoisotopic (exact) mass is 384 g/mol. The number of benzene rings is 3. The lowest BCUT2D eigenvalue weighted by atomic mass is 10.1. The normalized spacial score (nSPS) is 11.2. The summed E-state index contributed by atoms with van der Waals surface area (Å²) in [7, 11) is 0. The van der Waals surface area contributed by atoms with Crippen LogP contribution in [0.15, 0.2) is 77.6 Å². The second-order valence-electron chi connectivity index (χ2n) is 6.28. The second-order valence-corrected chi connectivity index (χ2v) is 6.28. The molecule has 0 aliphatic carbocycles. The highest BCUT2D eigenvalue weighted by Crippen LogP contribution is 2.25. The zero-order chi connectivity index (χ0) is 20.4. The fraction of sp³-hybridized carbons (Fsp3) is 0. The largest absolute Gasteiger partial charge is 0.868 e. The molecular weight excluding hydrogens is 370 g/mol. The second kappa shape index (κ2) is 7.40. The Bertz CT molecular complexity index is 1310. The molecule has 0 aliphatic rings. The van der Waals surface area contributed by atoms with E-state index in [-0.39, 0.29) is 5.56 Å². The molecule has 0 radical (unpaired) electrons. The number of nitro groups is 1. The minimum Gasteiger partial charge on any atom is -0.868 e. The van der Waals surface area contributed by atoms with Crippen LogP contribution in [0.5, 0.6) is 5.75 Å². The van der Waals surface area contributed by atoms with Crippen molar-refractivity contribution in [1.29, 1.82) is 0 Å². The van der Waals surface area contributed by atoms with Gasteiger partial charge in [-0.2, -0.15) is 0 Å². The highest BCUT2D eigenvalue weighted by Gasteiger charge is 2.11. The maximum absolute atomic E-state index is 13.1. The highest BCUT2D eigenvalue weighted by molar-refractivity contribution is 5.80. The Kier molecular flexibility index (Phi) is 4.62.